The van der Waals surface area contributed by atoms with Gasteiger partial charge in [0.15, 0.2) is 0 Å². The van der Waals surface area contributed by atoms with Crippen molar-refractivity contribution in [2.24, 2.45) is 5.73 Å². The number of carbonyl (C=O) groups excluding carboxylic acids is 1. The van der Waals surface area contributed by atoms with Crippen molar-refractivity contribution in [2.45, 2.75) is 25.7 Å². The molecule has 0 aliphatic carbocycles. The molecule has 2 N–H and O–H groups in total. The third-order valence-electron chi connectivity index (χ3n) is 3.01. The van der Waals surface area contributed by atoms with Crippen molar-refractivity contribution in [3.8, 4) is 5.75 Å². The Kier molecular flexibility index (Phi) is 8.07. The molecule has 1 aromatic rings. The lowest BCUT2D eigenvalue weighted by atomic mass is 10.2. The topological polar surface area (TPSA) is 55.6 Å². The van der Waals surface area contributed by atoms with Crippen molar-refractivity contribution in [2.75, 3.05) is 26.7 Å². The minimum Gasteiger partial charge on any atom is -0.492 e. The second-order valence-corrected chi connectivity index (χ2v) is 5.16. The average molecular weight is 299 g/mol. The number of nitrogens with zero attached hydrogens (tertiary/aromatic N) is 1. The van der Waals surface area contributed by atoms with E-state index in [9.17, 15) is 4.79 Å². The minimum absolute atomic E-state index is 0.150. The fourth-order valence-corrected chi connectivity index (χ4v) is 1.95. The largest absolute Gasteiger partial charge is 0.492 e. The lowest BCUT2D eigenvalue weighted by molar-refractivity contribution is -0.130. The maximum atomic E-state index is 11.8. The van der Waals surface area contributed by atoms with Gasteiger partial charge in [0.05, 0.1) is 6.54 Å². The summed E-state index contributed by atoms with van der Waals surface area (Å²) in [5.74, 6) is 0.873. The fourth-order valence-electron chi connectivity index (χ4n) is 1.77. The van der Waals surface area contributed by atoms with Gasteiger partial charge >= 0.3 is 0 Å². The van der Waals surface area contributed by atoms with Crippen LogP contribution in [0.2, 0.25) is 5.02 Å². The molecule has 0 aromatic heterocycles. The number of ether oxygens (including phenoxy) is 1. The monoisotopic (exact) mass is 298 g/mol. The number of nitrogens with two attached hydrogens (primary N) is 1. The Morgan fingerprint density at radius 1 is 1.35 bits per heavy atom. The first-order valence-corrected chi connectivity index (χ1v) is 7.33. The third-order valence-corrected chi connectivity index (χ3v) is 3.25. The highest BCUT2D eigenvalue weighted by molar-refractivity contribution is 6.30. The highest BCUT2D eigenvalue weighted by atomic mass is 35.5. The van der Waals surface area contributed by atoms with Gasteiger partial charge in [0.25, 0.3) is 0 Å². The predicted octanol–water partition coefficient (Wildman–Crippen LogP) is 2.70. The maximum Gasteiger partial charge on any atom is 0.222 e. The van der Waals surface area contributed by atoms with E-state index in [1.165, 1.54) is 0 Å². The highest BCUT2D eigenvalue weighted by Gasteiger charge is 2.08. The standard InChI is InChI=1S/C15H23ClN2O2/c1-18(15(19)8-3-2-4-9-17)10-11-20-14-7-5-6-13(16)12-14/h5-7,12H,2-4,8-11,17H2,1H3. The summed E-state index contributed by atoms with van der Waals surface area (Å²) in [4.78, 5) is 13.5. The van der Waals surface area contributed by atoms with Crippen LogP contribution in [0.3, 0.4) is 0 Å². The number of hydrogen-bond acceptors (Lipinski definition) is 3. The zero-order chi connectivity index (χ0) is 14.8. The van der Waals surface area contributed by atoms with Gasteiger partial charge in [-0.3, -0.25) is 4.79 Å². The van der Waals surface area contributed by atoms with Gasteiger partial charge in [-0.25, -0.2) is 0 Å². The Morgan fingerprint density at radius 2 is 2.15 bits per heavy atom. The van der Waals surface area contributed by atoms with E-state index in [1.54, 1.807) is 24.1 Å². The quantitative estimate of drug-likeness (QED) is 0.713. The lowest BCUT2D eigenvalue weighted by Gasteiger charge is -2.17. The molecule has 0 fully saturated rings. The molecule has 0 aliphatic rings. The Balaban J connectivity index is 2.18. The van der Waals surface area contributed by atoms with E-state index in [0.29, 0.717) is 31.1 Å². The molecule has 0 bridgehead atoms. The second kappa shape index (κ2) is 9.61. The molecule has 5 heteroatoms. The molecule has 4 nitrogen and oxygen atoms in total. The summed E-state index contributed by atoms with van der Waals surface area (Å²) in [5, 5.41) is 0.645. The van der Waals surface area contributed by atoms with Gasteiger partial charge in [-0.2, -0.15) is 0 Å². The van der Waals surface area contributed by atoms with E-state index in [1.807, 2.05) is 12.1 Å². The molecular formula is C15H23ClN2O2. The molecule has 0 radical (unpaired) electrons. The summed E-state index contributed by atoms with van der Waals surface area (Å²) in [6, 6.07) is 7.24. The molecular weight excluding hydrogens is 276 g/mol. The van der Waals surface area contributed by atoms with E-state index in [0.717, 1.165) is 25.0 Å². The Hall–Kier alpha value is -1.26. The second-order valence-electron chi connectivity index (χ2n) is 4.72. The molecule has 0 aliphatic heterocycles. The summed E-state index contributed by atoms with van der Waals surface area (Å²) in [6.07, 6.45) is 3.47. The van der Waals surface area contributed by atoms with Crippen molar-refractivity contribution in [1.29, 1.82) is 0 Å². The summed E-state index contributed by atoms with van der Waals surface area (Å²) in [5.41, 5.74) is 5.42. The number of unbranched alkanes of at least 4 members (excludes halogenated alkanes) is 2. The lowest BCUT2D eigenvalue weighted by Crippen LogP contribution is -2.30. The van der Waals surface area contributed by atoms with Gasteiger partial charge in [0.2, 0.25) is 5.91 Å². The van der Waals surface area contributed by atoms with Crippen molar-refractivity contribution >= 4 is 17.5 Å². The van der Waals surface area contributed by atoms with Gasteiger partial charge < -0.3 is 15.4 Å². The van der Waals surface area contributed by atoms with E-state index in [4.69, 9.17) is 22.1 Å². The Bertz CT molecular complexity index is 413. The SMILES string of the molecule is CN(CCOc1cccc(Cl)c1)C(=O)CCCCCN. The third kappa shape index (κ3) is 6.78. The Labute approximate surface area is 125 Å². The van der Waals surface area contributed by atoms with E-state index in [2.05, 4.69) is 0 Å². The number of benzene rings is 1. The first-order chi connectivity index (χ1) is 9.63. The molecule has 1 rings (SSSR count). The number of halogens is 1. The van der Waals surface area contributed by atoms with E-state index < -0.39 is 0 Å². The normalized spacial score (nSPS) is 10.3. The number of carbonyl (C=O) groups is 1. The van der Waals surface area contributed by atoms with Gasteiger partial charge in [-0.1, -0.05) is 24.1 Å². The summed E-state index contributed by atoms with van der Waals surface area (Å²) < 4.78 is 5.56. The molecule has 0 spiro atoms. The zero-order valence-corrected chi connectivity index (χ0v) is 12.7. The summed E-state index contributed by atoms with van der Waals surface area (Å²) in [6.45, 7) is 1.73. The fraction of sp³-hybridized carbons (Fsp3) is 0.533. The summed E-state index contributed by atoms with van der Waals surface area (Å²) in [7, 11) is 1.80. The average Bonchev–Trinajstić information content (AvgIpc) is 2.43. The smallest absolute Gasteiger partial charge is 0.222 e. The molecule has 0 atom stereocenters. The van der Waals surface area contributed by atoms with Crippen LogP contribution in [-0.4, -0.2) is 37.6 Å². The van der Waals surface area contributed by atoms with Crippen LogP contribution in [0.5, 0.6) is 5.75 Å². The summed E-state index contributed by atoms with van der Waals surface area (Å²) >= 11 is 5.87. The minimum atomic E-state index is 0.150. The first kappa shape index (κ1) is 16.8. The zero-order valence-electron chi connectivity index (χ0n) is 12.0. The van der Waals surface area contributed by atoms with Crippen LogP contribution in [0, 0.1) is 0 Å². The van der Waals surface area contributed by atoms with E-state index in [-0.39, 0.29) is 5.91 Å². The maximum absolute atomic E-state index is 11.8. The number of likely N-dealkylation sites (N-methyl/N-ethyl adjacent to an activating group) is 1. The van der Waals surface area contributed by atoms with Crippen molar-refractivity contribution in [3.63, 3.8) is 0 Å². The molecule has 1 amide bonds. The van der Waals surface area contributed by atoms with Crippen LogP contribution in [0.25, 0.3) is 0 Å². The number of hydrogen-bond donors (Lipinski definition) is 1. The molecule has 0 heterocycles. The van der Waals surface area contributed by atoms with Crippen LogP contribution in [0.1, 0.15) is 25.7 Å². The number of amides is 1. The van der Waals surface area contributed by atoms with E-state index >= 15 is 0 Å². The molecule has 0 saturated carbocycles. The van der Waals surface area contributed by atoms with Gasteiger partial charge in [-0.05, 0) is 37.6 Å². The molecule has 0 unspecified atom stereocenters. The molecule has 1 aromatic carbocycles. The predicted molar refractivity (Wildman–Crippen MR) is 82.1 cm³/mol. The number of rotatable bonds is 9. The molecule has 112 valence electrons. The van der Waals surface area contributed by atoms with Crippen molar-refractivity contribution in [1.82, 2.24) is 4.90 Å². The van der Waals surface area contributed by atoms with Crippen LogP contribution >= 0.6 is 11.6 Å². The molecule has 20 heavy (non-hydrogen) atoms. The molecule has 0 saturated heterocycles. The Morgan fingerprint density at radius 3 is 2.85 bits per heavy atom. The van der Waals surface area contributed by atoms with Crippen molar-refractivity contribution < 1.29 is 9.53 Å². The van der Waals surface area contributed by atoms with Crippen LogP contribution in [0.15, 0.2) is 24.3 Å². The van der Waals surface area contributed by atoms with Crippen LogP contribution < -0.4 is 10.5 Å². The van der Waals surface area contributed by atoms with Crippen molar-refractivity contribution in [3.05, 3.63) is 29.3 Å². The van der Waals surface area contributed by atoms with Crippen LogP contribution in [0.4, 0.5) is 0 Å². The van der Waals surface area contributed by atoms with Gasteiger partial charge in [0, 0.05) is 18.5 Å². The van der Waals surface area contributed by atoms with Gasteiger partial charge in [-0.15, -0.1) is 0 Å². The highest BCUT2D eigenvalue weighted by Crippen LogP contribution is 2.16. The van der Waals surface area contributed by atoms with Gasteiger partial charge in [0.1, 0.15) is 12.4 Å². The van der Waals surface area contributed by atoms with Crippen LogP contribution in [-0.2, 0) is 4.79 Å². The first-order valence-electron chi connectivity index (χ1n) is 6.96.